The molecular formula is C18H25N3O2. The predicted octanol–water partition coefficient (Wildman–Crippen LogP) is 2.24. The van der Waals surface area contributed by atoms with Gasteiger partial charge in [-0.05, 0) is 51.4 Å². The highest BCUT2D eigenvalue weighted by atomic mass is 16.5. The van der Waals surface area contributed by atoms with Gasteiger partial charge in [-0.15, -0.1) is 0 Å². The Hall–Kier alpha value is -1.46. The Morgan fingerprint density at radius 1 is 1.09 bits per heavy atom. The van der Waals surface area contributed by atoms with Crippen molar-refractivity contribution in [3.8, 4) is 5.88 Å². The molecule has 5 heteroatoms. The molecule has 1 unspecified atom stereocenters. The zero-order chi connectivity index (χ0) is 15.6. The number of fused-ring (bicyclic) bond motifs is 1. The fraction of sp³-hybridized carbons (Fsp3) is 0.667. The van der Waals surface area contributed by atoms with Gasteiger partial charge in [-0.1, -0.05) is 12.2 Å². The smallest absolute Gasteiger partial charge is 0.220 e. The lowest BCUT2D eigenvalue weighted by Gasteiger charge is -2.25. The number of hydrogen-bond acceptors (Lipinski definition) is 5. The standard InChI is InChI=1S/C18H25N3O2/c22-15-9-5-10-16(15)23-18-12-6-1-2-7-13(12)20-17(21-18)14-8-3-4-11-19-14/h3-4,14-16,19,22H,1-2,5-11H2/t14?,15-,16-/m0/s1. The van der Waals surface area contributed by atoms with Gasteiger partial charge in [0.05, 0.1) is 17.8 Å². The molecule has 1 aliphatic heterocycles. The quantitative estimate of drug-likeness (QED) is 0.837. The molecule has 3 aliphatic rings. The van der Waals surface area contributed by atoms with E-state index in [9.17, 15) is 5.11 Å². The Morgan fingerprint density at radius 3 is 2.78 bits per heavy atom. The van der Waals surface area contributed by atoms with Gasteiger partial charge in [0.2, 0.25) is 5.88 Å². The van der Waals surface area contributed by atoms with Crippen LogP contribution in [0.1, 0.15) is 61.6 Å². The highest BCUT2D eigenvalue weighted by Gasteiger charge is 2.30. The summed E-state index contributed by atoms with van der Waals surface area (Å²) in [7, 11) is 0. The van der Waals surface area contributed by atoms with Gasteiger partial charge in [0, 0.05) is 12.1 Å². The van der Waals surface area contributed by atoms with Gasteiger partial charge >= 0.3 is 0 Å². The van der Waals surface area contributed by atoms with Crippen LogP contribution in [0.25, 0.3) is 0 Å². The molecule has 1 saturated carbocycles. The van der Waals surface area contributed by atoms with Gasteiger partial charge in [0.15, 0.2) is 0 Å². The van der Waals surface area contributed by atoms with Gasteiger partial charge in [-0.3, -0.25) is 0 Å². The Labute approximate surface area is 137 Å². The van der Waals surface area contributed by atoms with Crippen molar-refractivity contribution >= 4 is 0 Å². The summed E-state index contributed by atoms with van der Waals surface area (Å²) >= 11 is 0. The first-order valence-electron chi connectivity index (χ1n) is 8.94. The second kappa shape index (κ2) is 6.57. The zero-order valence-electron chi connectivity index (χ0n) is 13.5. The van der Waals surface area contributed by atoms with E-state index in [1.165, 1.54) is 18.4 Å². The molecule has 124 valence electrons. The maximum absolute atomic E-state index is 10.1. The molecule has 0 saturated heterocycles. The number of rotatable bonds is 3. The molecule has 3 atom stereocenters. The van der Waals surface area contributed by atoms with E-state index in [0.717, 1.165) is 62.5 Å². The van der Waals surface area contributed by atoms with Crippen LogP contribution in [0.2, 0.25) is 0 Å². The minimum Gasteiger partial charge on any atom is -0.471 e. The summed E-state index contributed by atoms with van der Waals surface area (Å²) in [5.74, 6) is 1.57. The normalized spacial score (nSPS) is 30.2. The zero-order valence-corrected chi connectivity index (χ0v) is 13.5. The third-order valence-electron chi connectivity index (χ3n) is 5.18. The summed E-state index contributed by atoms with van der Waals surface area (Å²) in [6.07, 6.45) is 11.9. The summed E-state index contributed by atoms with van der Waals surface area (Å²) in [5, 5.41) is 13.5. The first-order valence-corrected chi connectivity index (χ1v) is 8.94. The molecule has 1 fully saturated rings. The highest BCUT2D eigenvalue weighted by molar-refractivity contribution is 5.34. The molecule has 2 heterocycles. The fourth-order valence-corrected chi connectivity index (χ4v) is 3.82. The number of aromatic nitrogens is 2. The number of aliphatic hydroxyl groups excluding tert-OH is 1. The largest absolute Gasteiger partial charge is 0.471 e. The maximum Gasteiger partial charge on any atom is 0.220 e. The fourth-order valence-electron chi connectivity index (χ4n) is 3.82. The molecule has 0 spiro atoms. The lowest BCUT2D eigenvalue weighted by Crippen LogP contribution is -2.29. The van der Waals surface area contributed by atoms with Crippen molar-refractivity contribution in [2.75, 3.05) is 6.54 Å². The molecule has 1 aromatic rings. The van der Waals surface area contributed by atoms with Crippen molar-refractivity contribution in [3.05, 3.63) is 29.2 Å². The molecule has 2 N–H and O–H groups in total. The highest BCUT2D eigenvalue weighted by Crippen LogP contribution is 2.32. The number of ether oxygens (including phenoxy) is 1. The lowest BCUT2D eigenvalue weighted by atomic mass is 9.96. The first-order chi connectivity index (χ1) is 11.3. The van der Waals surface area contributed by atoms with E-state index in [0.29, 0.717) is 0 Å². The molecular weight excluding hydrogens is 290 g/mol. The van der Waals surface area contributed by atoms with Crippen LogP contribution in [0.3, 0.4) is 0 Å². The van der Waals surface area contributed by atoms with Crippen LogP contribution < -0.4 is 10.1 Å². The maximum atomic E-state index is 10.1. The Bertz CT molecular complexity index is 602. The van der Waals surface area contributed by atoms with Crippen LogP contribution in [0.5, 0.6) is 5.88 Å². The number of aliphatic hydroxyl groups is 1. The minimum atomic E-state index is -0.358. The molecule has 0 bridgehead atoms. The third-order valence-corrected chi connectivity index (χ3v) is 5.18. The Balaban J connectivity index is 1.66. The number of nitrogens with one attached hydrogen (secondary N) is 1. The van der Waals surface area contributed by atoms with Crippen molar-refractivity contribution in [2.24, 2.45) is 0 Å². The van der Waals surface area contributed by atoms with Crippen LogP contribution >= 0.6 is 0 Å². The van der Waals surface area contributed by atoms with E-state index in [4.69, 9.17) is 14.7 Å². The van der Waals surface area contributed by atoms with Crippen molar-refractivity contribution < 1.29 is 9.84 Å². The van der Waals surface area contributed by atoms with Gasteiger partial charge < -0.3 is 15.2 Å². The summed E-state index contributed by atoms with van der Waals surface area (Å²) in [4.78, 5) is 9.61. The van der Waals surface area contributed by atoms with E-state index < -0.39 is 0 Å². The van der Waals surface area contributed by atoms with Crippen molar-refractivity contribution in [2.45, 2.75) is 69.6 Å². The number of hydrogen-bond donors (Lipinski definition) is 2. The van der Waals surface area contributed by atoms with Crippen LogP contribution in [-0.4, -0.2) is 33.8 Å². The minimum absolute atomic E-state index is 0.108. The molecule has 0 radical (unpaired) electrons. The van der Waals surface area contributed by atoms with Crippen molar-refractivity contribution in [1.82, 2.24) is 15.3 Å². The first kappa shape index (κ1) is 15.1. The molecule has 4 rings (SSSR count). The summed E-state index contributed by atoms with van der Waals surface area (Å²) < 4.78 is 6.17. The van der Waals surface area contributed by atoms with Gasteiger partial charge in [0.25, 0.3) is 0 Å². The second-order valence-corrected chi connectivity index (χ2v) is 6.84. The monoisotopic (exact) mass is 315 g/mol. The topological polar surface area (TPSA) is 67.3 Å². The lowest BCUT2D eigenvalue weighted by molar-refractivity contribution is 0.0561. The third kappa shape index (κ3) is 3.12. The van der Waals surface area contributed by atoms with E-state index in [2.05, 4.69) is 17.5 Å². The van der Waals surface area contributed by atoms with E-state index in [1.807, 2.05) is 0 Å². The Kier molecular flexibility index (Phi) is 4.31. The Morgan fingerprint density at radius 2 is 2.00 bits per heavy atom. The van der Waals surface area contributed by atoms with Crippen molar-refractivity contribution in [3.63, 3.8) is 0 Å². The summed E-state index contributed by atoms with van der Waals surface area (Å²) in [5.41, 5.74) is 2.32. The second-order valence-electron chi connectivity index (χ2n) is 6.84. The molecule has 23 heavy (non-hydrogen) atoms. The molecule has 1 aromatic heterocycles. The molecule has 2 aliphatic carbocycles. The van der Waals surface area contributed by atoms with Crippen LogP contribution in [0.15, 0.2) is 12.2 Å². The van der Waals surface area contributed by atoms with E-state index >= 15 is 0 Å². The van der Waals surface area contributed by atoms with Gasteiger partial charge in [0.1, 0.15) is 11.9 Å². The van der Waals surface area contributed by atoms with Crippen molar-refractivity contribution in [1.29, 1.82) is 0 Å². The molecule has 0 aromatic carbocycles. The summed E-state index contributed by atoms with van der Waals surface area (Å²) in [6, 6.07) is 0.170. The van der Waals surface area contributed by atoms with E-state index in [-0.39, 0.29) is 18.2 Å². The van der Waals surface area contributed by atoms with Crippen LogP contribution in [0, 0.1) is 0 Å². The van der Waals surface area contributed by atoms with Crippen LogP contribution in [0.4, 0.5) is 0 Å². The number of nitrogens with zero attached hydrogens (tertiary/aromatic N) is 2. The average molecular weight is 315 g/mol. The van der Waals surface area contributed by atoms with Gasteiger partial charge in [-0.25, -0.2) is 4.98 Å². The number of aryl methyl sites for hydroxylation is 1. The van der Waals surface area contributed by atoms with E-state index in [1.54, 1.807) is 0 Å². The molecule has 0 amide bonds. The summed E-state index contributed by atoms with van der Waals surface area (Å²) in [6.45, 7) is 0.864. The SMILES string of the molecule is O[C@H]1CCC[C@@H]1Oc1nc(C2CC=CCN2)nc2c1CCCC2. The predicted molar refractivity (Wildman–Crippen MR) is 87.4 cm³/mol. The van der Waals surface area contributed by atoms with Gasteiger partial charge in [-0.2, -0.15) is 4.98 Å². The van der Waals surface area contributed by atoms with Crippen LogP contribution in [-0.2, 0) is 12.8 Å². The molecule has 5 nitrogen and oxygen atoms in total. The average Bonchev–Trinajstić information content (AvgIpc) is 3.00.